The molecule has 3 heteroatoms. The Morgan fingerprint density at radius 3 is 3.00 bits per heavy atom. The third-order valence-electron chi connectivity index (χ3n) is 1.67. The second kappa shape index (κ2) is 4.38. The van der Waals surface area contributed by atoms with Crippen LogP contribution in [-0.4, -0.2) is 17.0 Å². The molecule has 1 aromatic rings. The number of carbonyl (C=O) groups excluding carboxylic acids is 1. The Balaban J connectivity index is 2.59. The highest BCUT2D eigenvalue weighted by atomic mass is 32.1. The summed E-state index contributed by atoms with van der Waals surface area (Å²) in [5.74, 6) is -0.155. The lowest BCUT2D eigenvalue weighted by molar-refractivity contribution is 0.0730. The molecule has 2 nitrogen and oxygen atoms in total. The number of hydrogen-bond donors (Lipinski definition) is 1. The van der Waals surface area contributed by atoms with E-state index >= 15 is 0 Å². The Kier molecular flexibility index (Phi) is 3.44. The minimum Gasteiger partial charge on any atom is -0.385 e. The van der Waals surface area contributed by atoms with E-state index in [1.807, 2.05) is 12.3 Å². The molecular formula is C9H12O2S. The maximum Gasteiger partial charge on any atom is 0.192 e. The highest BCUT2D eigenvalue weighted by Crippen LogP contribution is 2.11. The van der Waals surface area contributed by atoms with E-state index in [2.05, 4.69) is 0 Å². The molecule has 1 N–H and O–H groups in total. The monoisotopic (exact) mass is 184 g/mol. The van der Waals surface area contributed by atoms with Crippen molar-refractivity contribution >= 4 is 17.1 Å². The van der Waals surface area contributed by atoms with Crippen molar-refractivity contribution in [1.82, 2.24) is 0 Å². The van der Waals surface area contributed by atoms with Gasteiger partial charge in [0.1, 0.15) is 6.10 Å². The van der Waals surface area contributed by atoms with Crippen molar-refractivity contribution in [3.63, 3.8) is 0 Å². The Bertz CT molecular complexity index is 241. The average Bonchev–Trinajstić information content (AvgIpc) is 2.55. The van der Waals surface area contributed by atoms with E-state index in [9.17, 15) is 9.90 Å². The molecular weight excluding hydrogens is 172 g/mol. The number of aliphatic hydroxyl groups excluding tert-OH is 1. The molecule has 0 saturated carbocycles. The van der Waals surface area contributed by atoms with Gasteiger partial charge in [-0.1, -0.05) is 13.3 Å². The zero-order valence-corrected chi connectivity index (χ0v) is 7.80. The summed E-state index contributed by atoms with van der Waals surface area (Å²) in [6.45, 7) is 1.95. The van der Waals surface area contributed by atoms with E-state index in [-0.39, 0.29) is 5.78 Å². The van der Waals surface area contributed by atoms with Crippen molar-refractivity contribution < 1.29 is 9.90 Å². The number of thiophene rings is 1. The lowest BCUT2D eigenvalue weighted by Gasteiger charge is -2.05. The molecule has 66 valence electrons. The summed E-state index contributed by atoms with van der Waals surface area (Å²) in [4.78, 5) is 11.4. The summed E-state index contributed by atoms with van der Waals surface area (Å²) in [7, 11) is 0. The Morgan fingerprint density at radius 1 is 1.75 bits per heavy atom. The van der Waals surface area contributed by atoms with Crippen LogP contribution in [0.1, 0.15) is 30.1 Å². The molecule has 12 heavy (non-hydrogen) atoms. The van der Waals surface area contributed by atoms with Crippen LogP contribution in [0.3, 0.4) is 0 Å². The second-order valence-electron chi connectivity index (χ2n) is 2.68. The van der Waals surface area contributed by atoms with Crippen LogP contribution in [0, 0.1) is 0 Å². The summed E-state index contributed by atoms with van der Waals surface area (Å²) in [5, 5.41) is 12.9. The van der Waals surface area contributed by atoms with Crippen LogP contribution in [0.4, 0.5) is 0 Å². The fraction of sp³-hybridized carbons (Fsp3) is 0.444. The zero-order valence-electron chi connectivity index (χ0n) is 6.99. The summed E-state index contributed by atoms with van der Waals surface area (Å²) in [5.41, 5.74) is 0.626. The fourth-order valence-electron chi connectivity index (χ4n) is 1.00. The van der Waals surface area contributed by atoms with E-state index in [4.69, 9.17) is 0 Å². The van der Waals surface area contributed by atoms with Crippen molar-refractivity contribution in [3.8, 4) is 0 Å². The molecule has 0 bridgehead atoms. The minimum atomic E-state index is -0.815. The Labute approximate surface area is 75.9 Å². The molecule has 0 amide bonds. The van der Waals surface area contributed by atoms with E-state index < -0.39 is 6.10 Å². The minimum absolute atomic E-state index is 0.155. The number of aliphatic hydroxyl groups is 1. The maximum absolute atomic E-state index is 11.4. The van der Waals surface area contributed by atoms with Gasteiger partial charge in [-0.15, -0.1) is 0 Å². The molecule has 1 rings (SSSR count). The van der Waals surface area contributed by atoms with Crippen molar-refractivity contribution in [2.24, 2.45) is 0 Å². The third kappa shape index (κ3) is 2.16. The van der Waals surface area contributed by atoms with Crippen LogP contribution >= 0.6 is 11.3 Å². The first-order chi connectivity index (χ1) is 5.75. The molecule has 0 radical (unpaired) electrons. The fourth-order valence-corrected chi connectivity index (χ4v) is 1.65. The quantitative estimate of drug-likeness (QED) is 0.727. The van der Waals surface area contributed by atoms with Gasteiger partial charge in [-0.3, -0.25) is 4.79 Å². The lowest BCUT2D eigenvalue weighted by Crippen LogP contribution is -2.19. The van der Waals surface area contributed by atoms with Crippen molar-refractivity contribution in [2.45, 2.75) is 25.9 Å². The number of carbonyl (C=O) groups is 1. The lowest BCUT2D eigenvalue weighted by atomic mass is 10.1. The van der Waals surface area contributed by atoms with Gasteiger partial charge in [0.2, 0.25) is 0 Å². The molecule has 0 fully saturated rings. The van der Waals surface area contributed by atoms with E-state index in [0.717, 1.165) is 6.42 Å². The van der Waals surface area contributed by atoms with E-state index in [1.54, 1.807) is 11.4 Å². The zero-order chi connectivity index (χ0) is 8.97. The molecule has 0 aromatic carbocycles. The molecule has 0 aliphatic carbocycles. The highest BCUT2D eigenvalue weighted by molar-refractivity contribution is 7.08. The van der Waals surface area contributed by atoms with Gasteiger partial charge in [-0.05, 0) is 17.9 Å². The molecule has 0 spiro atoms. The normalized spacial score (nSPS) is 12.8. The molecule has 0 saturated heterocycles. The summed E-state index contributed by atoms with van der Waals surface area (Å²) < 4.78 is 0. The van der Waals surface area contributed by atoms with Gasteiger partial charge in [0, 0.05) is 10.9 Å². The first-order valence-corrected chi connectivity index (χ1v) is 4.94. The summed E-state index contributed by atoms with van der Waals surface area (Å²) in [6.07, 6.45) is 0.565. The predicted molar refractivity (Wildman–Crippen MR) is 49.6 cm³/mol. The van der Waals surface area contributed by atoms with Crippen LogP contribution in [0.25, 0.3) is 0 Å². The molecule has 0 aliphatic rings. The van der Waals surface area contributed by atoms with Gasteiger partial charge < -0.3 is 5.11 Å². The molecule has 1 aromatic heterocycles. The average molecular weight is 184 g/mol. The van der Waals surface area contributed by atoms with E-state index in [1.165, 1.54) is 11.3 Å². The van der Waals surface area contributed by atoms with Crippen molar-refractivity contribution in [2.75, 3.05) is 0 Å². The molecule has 0 aliphatic heterocycles. The van der Waals surface area contributed by atoms with Gasteiger partial charge >= 0.3 is 0 Å². The van der Waals surface area contributed by atoms with Gasteiger partial charge in [-0.2, -0.15) is 11.3 Å². The van der Waals surface area contributed by atoms with E-state index in [0.29, 0.717) is 12.0 Å². The number of rotatable bonds is 4. The number of ketones is 1. The molecule has 1 unspecified atom stereocenters. The van der Waals surface area contributed by atoms with Gasteiger partial charge in [0.05, 0.1) is 0 Å². The number of Topliss-reactive ketones (excluding diaryl/α,β-unsaturated/α-hetero) is 1. The highest BCUT2D eigenvalue weighted by Gasteiger charge is 2.15. The summed E-state index contributed by atoms with van der Waals surface area (Å²) in [6, 6.07) is 1.74. The molecule has 1 heterocycles. The largest absolute Gasteiger partial charge is 0.385 e. The molecule has 1 atom stereocenters. The number of hydrogen-bond acceptors (Lipinski definition) is 3. The SMILES string of the molecule is CCCC(O)C(=O)c1ccsc1. The first-order valence-electron chi connectivity index (χ1n) is 4.00. The Morgan fingerprint density at radius 2 is 2.50 bits per heavy atom. The standard InChI is InChI=1S/C9H12O2S/c1-2-3-8(10)9(11)7-4-5-12-6-7/h4-6,8,10H,2-3H2,1H3. The Hall–Kier alpha value is -0.670. The smallest absolute Gasteiger partial charge is 0.192 e. The summed E-state index contributed by atoms with van der Waals surface area (Å²) >= 11 is 1.47. The first kappa shape index (κ1) is 9.42. The predicted octanol–water partition coefficient (Wildman–Crippen LogP) is 2.09. The van der Waals surface area contributed by atoms with Gasteiger partial charge in [-0.25, -0.2) is 0 Å². The van der Waals surface area contributed by atoms with Crippen LogP contribution < -0.4 is 0 Å². The second-order valence-corrected chi connectivity index (χ2v) is 3.46. The van der Waals surface area contributed by atoms with Crippen LogP contribution in [0.5, 0.6) is 0 Å². The van der Waals surface area contributed by atoms with Gasteiger partial charge in [0.25, 0.3) is 0 Å². The van der Waals surface area contributed by atoms with Crippen LogP contribution in [0.2, 0.25) is 0 Å². The maximum atomic E-state index is 11.4. The topological polar surface area (TPSA) is 37.3 Å². The van der Waals surface area contributed by atoms with Gasteiger partial charge in [0.15, 0.2) is 5.78 Å². The van der Waals surface area contributed by atoms with Crippen LogP contribution in [-0.2, 0) is 0 Å². The van der Waals surface area contributed by atoms with Crippen molar-refractivity contribution in [3.05, 3.63) is 22.4 Å². The third-order valence-corrected chi connectivity index (χ3v) is 2.35. The van der Waals surface area contributed by atoms with Crippen LogP contribution in [0.15, 0.2) is 16.8 Å². The van der Waals surface area contributed by atoms with Crippen molar-refractivity contribution in [1.29, 1.82) is 0 Å².